The maximum atomic E-state index is 14.2. The van der Waals surface area contributed by atoms with Gasteiger partial charge in [0, 0.05) is 17.7 Å². The van der Waals surface area contributed by atoms with Gasteiger partial charge >= 0.3 is 0 Å². The summed E-state index contributed by atoms with van der Waals surface area (Å²) in [7, 11) is 0. The zero-order valence-corrected chi connectivity index (χ0v) is 15.1. The molecule has 0 radical (unpaired) electrons. The molecule has 1 aliphatic heterocycles. The fourth-order valence-corrected chi connectivity index (χ4v) is 4.16. The van der Waals surface area contributed by atoms with Crippen molar-refractivity contribution in [2.24, 2.45) is 0 Å². The number of rotatable bonds is 4. The van der Waals surface area contributed by atoms with Crippen molar-refractivity contribution in [2.75, 3.05) is 13.1 Å². The largest absolute Gasteiger partial charge is 0.470 e. The zero-order valence-electron chi connectivity index (χ0n) is 14.3. The van der Waals surface area contributed by atoms with Gasteiger partial charge in [-0.15, -0.1) is 11.3 Å². The van der Waals surface area contributed by atoms with Crippen LogP contribution in [-0.4, -0.2) is 40.0 Å². The molecule has 0 bridgehead atoms. The van der Waals surface area contributed by atoms with Crippen molar-refractivity contribution in [3.63, 3.8) is 0 Å². The van der Waals surface area contributed by atoms with E-state index in [1.54, 1.807) is 4.90 Å². The summed E-state index contributed by atoms with van der Waals surface area (Å²) in [6.07, 6.45) is 2.18. The molecule has 1 atom stereocenters. The Morgan fingerprint density at radius 2 is 2.23 bits per heavy atom. The molecule has 1 aromatic carbocycles. The highest BCUT2D eigenvalue weighted by atomic mass is 32.1. The van der Waals surface area contributed by atoms with Crippen LogP contribution >= 0.6 is 11.3 Å². The minimum atomic E-state index is -0.510. The van der Waals surface area contributed by atoms with Gasteiger partial charge in [-0.1, -0.05) is 25.1 Å². The maximum Gasteiger partial charge on any atom is 0.264 e. The van der Waals surface area contributed by atoms with Crippen molar-refractivity contribution in [1.29, 1.82) is 0 Å². The van der Waals surface area contributed by atoms with Gasteiger partial charge in [0.25, 0.3) is 11.8 Å². The molecule has 4 rings (SSSR count). The van der Waals surface area contributed by atoms with E-state index >= 15 is 0 Å². The summed E-state index contributed by atoms with van der Waals surface area (Å²) in [4.78, 5) is 23.0. The predicted molar refractivity (Wildman–Crippen MR) is 98.1 cm³/mol. The lowest BCUT2D eigenvalue weighted by Crippen LogP contribution is -2.30. The Morgan fingerprint density at radius 1 is 1.38 bits per heavy atom. The number of nitrogens with zero attached hydrogens (tertiary/aromatic N) is 3. The highest BCUT2D eigenvalue weighted by Crippen LogP contribution is 2.28. The topological polar surface area (TPSA) is 55.3 Å². The van der Waals surface area contributed by atoms with Crippen LogP contribution in [0.25, 0.3) is 10.1 Å². The van der Waals surface area contributed by atoms with Gasteiger partial charge in [-0.25, -0.2) is 4.98 Å². The van der Waals surface area contributed by atoms with Crippen LogP contribution in [0.5, 0.6) is 5.88 Å². The van der Waals surface area contributed by atoms with Crippen LogP contribution in [0, 0.1) is 5.82 Å². The average molecular weight is 371 g/mol. The molecule has 134 valence electrons. The van der Waals surface area contributed by atoms with E-state index in [1.165, 1.54) is 17.7 Å². The number of aryl methyl sites for hydroxylation is 1. The average Bonchev–Trinajstić information content (AvgIpc) is 3.29. The third kappa shape index (κ3) is 3.14. The summed E-state index contributed by atoms with van der Waals surface area (Å²) in [6.45, 7) is 2.85. The Morgan fingerprint density at radius 3 is 3.04 bits per heavy atom. The number of carbonyl (C=O) groups is 1. The number of likely N-dealkylation sites (tertiary alicyclic amines) is 1. The molecule has 1 amide bonds. The van der Waals surface area contributed by atoms with Gasteiger partial charge in [0.1, 0.15) is 12.4 Å². The first kappa shape index (κ1) is 16.9. The number of amides is 1. The van der Waals surface area contributed by atoms with E-state index in [0.29, 0.717) is 36.5 Å². The SMILES string of the molecule is CCc1ncnc(O[C@H]2CCN(C(=O)c3cc4ccccc4s3)C2)c1F. The van der Waals surface area contributed by atoms with E-state index < -0.39 is 5.82 Å². The smallest absolute Gasteiger partial charge is 0.264 e. The summed E-state index contributed by atoms with van der Waals surface area (Å²) in [5.41, 5.74) is 0.339. The number of aromatic nitrogens is 2. The Balaban J connectivity index is 1.45. The minimum Gasteiger partial charge on any atom is -0.470 e. The zero-order chi connectivity index (χ0) is 18.1. The van der Waals surface area contributed by atoms with Crippen molar-refractivity contribution < 1.29 is 13.9 Å². The quantitative estimate of drug-likeness (QED) is 0.702. The summed E-state index contributed by atoms with van der Waals surface area (Å²) >= 11 is 1.49. The summed E-state index contributed by atoms with van der Waals surface area (Å²) in [5, 5.41) is 1.07. The van der Waals surface area contributed by atoms with Crippen molar-refractivity contribution in [1.82, 2.24) is 14.9 Å². The number of hydrogen-bond donors (Lipinski definition) is 0. The first-order chi connectivity index (χ1) is 12.7. The number of fused-ring (bicyclic) bond motifs is 1. The molecule has 3 heterocycles. The van der Waals surface area contributed by atoms with E-state index in [9.17, 15) is 9.18 Å². The molecule has 7 heteroatoms. The molecular formula is C19H18FN3O2S. The third-order valence-electron chi connectivity index (χ3n) is 4.51. The molecule has 1 aliphatic rings. The van der Waals surface area contributed by atoms with Crippen LogP contribution in [0.4, 0.5) is 4.39 Å². The van der Waals surface area contributed by atoms with Crippen LogP contribution in [0.15, 0.2) is 36.7 Å². The van der Waals surface area contributed by atoms with Crippen LogP contribution in [0.2, 0.25) is 0 Å². The molecule has 0 N–H and O–H groups in total. The van der Waals surface area contributed by atoms with Crippen LogP contribution in [0.3, 0.4) is 0 Å². The lowest BCUT2D eigenvalue weighted by Gasteiger charge is -2.16. The van der Waals surface area contributed by atoms with Gasteiger partial charge in [0.15, 0.2) is 0 Å². The molecular weight excluding hydrogens is 353 g/mol. The molecule has 5 nitrogen and oxygen atoms in total. The van der Waals surface area contributed by atoms with Crippen molar-refractivity contribution in [3.8, 4) is 5.88 Å². The molecule has 1 saturated heterocycles. The maximum absolute atomic E-state index is 14.2. The Bertz CT molecular complexity index is 926. The van der Waals surface area contributed by atoms with Crippen molar-refractivity contribution >= 4 is 27.3 Å². The Labute approximate surface area is 154 Å². The summed E-state index contributed by atoms with van der Waals surface area (Å²) in [5.74, 6) is -0.544. The Kier molecular flexibility index (Phi) is 4.55. The van der Waals surface area contributed by atoms with Gasteiger partial charge in [0.05, 0.1) is 17.1 Å². The number of thiophene rings is 1. The van der Waals surface area contributed by atoms with Crippen LogP contribution in [0.1, 0.15) is 28.7 Å². The fraction of sp³-hybridized carbons (Fsp3) is 0.316. The fourth-order valence-electron chi connectivity index (χ4n) is 3.13. The molecule has 0 spiro atoms. The van der Waals surface area contributed by atoms with Crippen LogP contribution in [-0.2, 0) is 6.42 Å². The predicted octanol–water partition coefficient (Wildman–Crippen LogP) is 3.69. The number of hydrogen-bond acceptors (Lipinski definition) is 5. The van der Waals surface area contributed by atoms with Gasteiger partial charge in [-0.2, -0.15) is 9.37 Å². The van der Waals surface area contributed by atoms with E-state index in [4.69, 9.17) is 4.74 Å². The van der Waals surface area contributed by atoms with E-state index in [2.05, 4.69) is 9.97 Å². The second kappa shape index (κ2) is 6.99. The minimum absolute atomic E-state index is 0.00490. The lowest BCUT2D eigenvalue weighted by atomic mass is 10.2. The van der Waals surface area contributed by atoms with Gasteiger partial charge in [-0.3, -0.25) is 4.79 Å². The molecule has 0 unspecified atom stereocenters. The first-order valence-corrected chi connectivity index (χ1v) is 9.41. The number of carbonyl (C=O) groups excluding carboxylic acids is 1. The Hall–Kier alpha value is -2.54. The summed E-state index contributed by atoms with van der Waals surface area (Å²) < 4.78 is 21.0. The summed E-state index contributed by atoms with van der Waals surface area (Å²) in [6, 6.07) is 9.86. The molecule has 26 heavy (non-hydrogen) atoms. The van der Waals surface area contributed by atoms with E-state index in [-0.39, 0.29) is 17.9 Å². The molecule has 1 fully saturated rings. The van der Waals surface area contributed by atoms with E-state index in [1.807, 2.05) is 37.3 Å². The van der Waals surface area contributed by atoms with Gasteiger partial charge in [-0.05, 0) is 23.9 Å². The van der Waals surface area contributed by atoms with Gasteiger partial charge < -0.3 is 9.64 Å². The monoisotopic (exact) mass is 371 g/mol. The van der Waals surface area contributed by atoms with Gasteiger partial charge in [0.2, 0.25) is 5.82 Å². The standard InChI is InChI=1S/C19H18FN3O2S/c1-2-14-17(20)18(22-11-21-14)25-13-7-8-23(10-13)19(24)16-9-12-5-3-4-6-15(12)26-16/h3-6,9,11,13H,2,7-8,10H2,1H3/t13-/m0/s1. The first-order valence-electron chi connectivity index (χ1n) is 8.59. The second-order valence-electron chi connectivity index (χ2n) is 6.22. The number of benzene rings is 1. The molecule has 2 aromatic heterocycles. The highest BCUT2D eigenvalue weighted by molar-refractivity contribution is 7.20. The van der Waals surface area contributed by atoms with Crippen molar-refractivity contribution in [2.45, 2.75) is 25.9 Å². The number of halogens is 1. The molecule has 0 aliphatic carbocycles. The molecule has 3 aromatic rings. The van der Waals surface area contributed by atoms with Crippen molar-refractivity contribution in [3.05, 3.63) is 53.0 Å². The third-order valence-corrected chi connectivity index (χ3v) is 5.62. The van der Waals surface area contributed by atoms with E-state index in [0.717, 1.165) is 10.1 Å². The highest BCUT2D eigenvalue weighted by Gasteiger charge is 2.30. The molecule has 0 saturated carbocycles. The lowest BCUT2D eigenvalue weighted by molar-refractivity contribution is 0.0774. The normalized spacial score (nSPS) is 17.0. The van der Waals surface area contributed by atoms with Crippen LogP contribution < -0.4 is 4.74 Å². The number of ether oxygens (including phenoxy) is 1. The second-order valence-corrected chi connectivity index (χ2v) is 7.31.